The van der Waals surface area contributed by atoms with E-state index < -0.39 is 0 Å². The SMILES string of the molecule is CCOc1cc(C)nc(N(CCCN)C2CCC2)n1. The number of ether oxygens (including phenoxy) is 1. The van der Waals surface area contributed by atoms with Crippen molar-refractivity contribution in [3.8, 4) is 5.88 Å². The number of nitrogens with two attached hydrogens (primary N) is 1. The molecule has 1 aromatic heterocycles. The van der Waals surface area contributed by atoms with Gasteiger partial charge in [-0.2, -0.15) is 4.98 Å². The van der Waals surface area contributed by atoms with Crippen LogP contribution in [0.15, 0.2) is 6.07 Å². The zero-order chi connectivity index (χ0) is 13.7. The summed E-state index contributed by atoms with van der Waals surface area (Å²) in [5.41, 5.74) is 6.58. The number of nitrogens with zero attached hydrogens (tertiary/aromatic N) is 3. The molecule has 19 heavy (non-hydrogen) atoms. The van der Waals surface area contributed by atoms with Crippen LogP contribution < -0.4 is 15.4 Å². The first kappa shape index (κ1) is 14.1. The lowest BCUT2D eigenvalue weighted by molar-refractivity contribution is 0.323. The van der Waals surface area contributed by atoms with Crippen LogP contribution in [0.3, 0.4) is 0 Å². The van der Waals surface area contributed by atoms with Gasteiger partial charge in [-0.3, -0.25) is 0 Å². The van der Waals surface area contributed by atoms with Gasteiger partial charge in [0, 0.05) is 24.3 Å². The third-order valence-electron chi connectivity index (χ3n) is 3.49. The van der Waals surface area contributed by atoms with E-state index in [1.54, 1.807) is 0 Å². The first-order chi connectivity index (χ1) is 9.24. The topological polar surface area (TPSA) is 64.3 Å². The molecule has 2 N–H and O–H groups in total. The van der Waals surface area contributed by atoms with Gasteiger partial charge in [0.15, 0.2) is 0 Å². The molecule has 0 radical (unpaired) electrons. The Kier molecular flexibility index (Phi) is 4.96. The molecule has 5 heteroatoms. The van der Waals surface area contributed by atoms with Crippen molar-refractivity contribution in [2.24, 2.45) is 5.73 Å². The van der Waals surface area contributed by atoms with Crippen LogP contribution in [0, 0.1) is 6.92 Å². The van der Waals surface area contributed by atoms with Crippen LogP contribution >= 0.6 is 0 Å². The minimum absolute atomic E-state index is 0.572. The van der Waals surface area contributed by atoms with Crippen LogP contribution in [0.4, 0.5) is 5.95 Å². The second-order valence-electron chi connectivity index (χ2n) is 5.00. The van der Waals surface area contributed by atoms with Crippen molar-refractivity contribution in [2.75, 3.05) is 24.6 Å². The van der Waals surface area contributed by atoms with Gasteiger partial charge in [0.05, 0.1) is 6.61 Å². The molecule has 0 unspecified atom stereocenters. The number of aromatic nitrogens is 2. The molecule has 0 aromatic carbocycles. The van der Waals surface area contributed by atoms with Crippen molar-refractivity contribution in [2.45, 2.75) is 45.6 Å². The number of rotatable bonds is 7. The molecule has 106 valence electrons. The molecule has 1 aliphatic carbocycles. The molecule has 1 fully saturated rings. The average Bonchev–Trinajstić information content (AvgIpc) is 2.31. The lowest BCUT2D eigenvalue weighted by atomic mass is 9.91. The van der Waals surface area contributed by atoms with Crippen molar-refractivity contribution in [3.63, 3.8) is 0 Å². The Hall–Kier alpha value is -1.36. The van der Waals surface area contributed by atoms with E-state index in [0.717, 1.165) is 24.6 Å². The molecule has 0 aliphatic heterocycles. The van der Waals surface area contributed by atoms with E-state index in [2.05, 4.69) is 14.9 Å². The number of hydrogen-bond acceptors (Lipinski definition) is 5. The molecule has 0 atom stereocenters. The van der Waals surface area contributed by atoms with Gasteiger partial charge in [-0.1, -0.05) is 0 Å². The van der Waals surface area contributed by atoms with E-state index in [4.69, 9.17) is 10.5 Å². The van der Waals surface area contributed by atoms with Crippen molar-refractivity contribution in [1.29, 1.82) is 0 Å². The highest BCUT2D eigenvalue weighted by molar-refractivity contribution is 5.36. The molecular weight excluding hydrogens is 240 g/mol. The fraction of sp³-hybridized carbons (Fsp3) is 0.714. The average molecular weight is 264 g/mol. The fourth-order valence-electron chi connectivity index (χ4n) is 2.28. The second kappa shape index (κ2) is 6.70. The van der Waals surface area contributed by atoms with Crippen molar-refractivity contribution in [3.05, 3.63) is 11.8 Å². The Labute approximate surface area is 115 Å². The highest BCUT2D eigenvalue weighted by Crippen LogP contribution is 2.28. The number of anilines is 1. The Bertz CT molecular complexity index is 406. The third kappa shape index (κ3) is 3.56. The minimum Gasteiger partial charge on any atom is -0.478 e. The summed E-state index contributed by atoms with van der Waals surface area (Å²) in [6.45, 7) is 6.20. The molecule has 0 bridgehead atoms. The van der Waals surface area contributed by atoms with Crippen molar-refractivity contribution in [1.82, 2.24) is 9.97 Å². The Morgan fingerprint density at radius 1 is 1.42 bits per heavy atom. The molecule has 0 amide bonds. The quantitative estimate of drug-likeness (QED) is 0.814. The van der Waals surface area contributed by atoms with Gasteiger partial charge in [-0.05, 0) is 46.1 Å². The maximum Gasteiger partial charge on any atom is 0.229 e. The van der Waals surface area contributed by atoms with Crippen LogP contribution in [0.25, 0.3) is 0 Å². The van der Waals surface area contributed by atoms with Gasteiger partial charge in [-0.25, -0.2) is 4.98 Å². The smallest absolute Gasteiger partial charge is 0.229 e. The zero-order valence-electron chi connectivity index (χ0n) is 11.9. The Balaban J connectivity index is 2.18. The van der Waals surface area contributed by atoms with E-state index in [0.29, 0.717) is 25.1 Å². The minimum atomic E-state index is 0.572. The summed E-state index contributed by atoms with van der Waals surface area (Å²) in [5, 5.41) is 0. The first-order valence-corrected chi connectivity index (χ1v) is 7.19. The molecule has 0 spiro atoms. The van der Waals surface area contributed by atoms with Gasteiger partial charge in [0.25, 0.3) is 0 Å². The fourth-order valence-corrected chi connectivity index (χ4v) is 2.28. The highest BCUT2D eigenvalue weighted by Gasteiger charge is 2.26. The molecular formula is C14H24N4O. The summed E-state index contributed by atoms with van der Waals surface area (Å²) >= 11 is 0. The predicted molar refractivity (Wildman–Crippen MR) is 76.6 cm³/mol. The van der Waals surface area contributed by atoms with E-state index in [-0.39, 0.29) is 0 Å². The summed E-state index contributed by atoms with van der Waals surface area (Å²) in [7, 11) is 0. The highest BCUT2D eigenvalue weighted by atomic mass is 16.5. The summed E-state index contributed by atoms with van der Waals surface area (Å²) < 4.78 is 5.51. The molecule has 0 saturated heterocycles. The lowest BCUT2D eigenvalue weighted by Crippen LogP contribution is -2.42. The van der Waals surface area contributed by atoms with Crippen LogP contribution in [0.1, 0.15) is 38.3 Å². The largest absolute Gasteiger partial charge is 0.478 e. The van der Waals surface area contributed by atoms with Gasteiger partial charge in [-0.15, -0.1) is 0 Å². The first-order valence-electron chi connectivity index (χ1n) is 7.19. The Morgan fingerprint density at radius 2 is 2.21 bits per heavy atom. The molecule has 1 aromatic rings. The van der Waals surface area contributed by atoms with Crippen LogP contribution in [-0.2, 0) is 0 Å². The van der Waals surface area contributed by atoms with Crippen molar-refractivity contribution < 1.29 is 4.74 Å². The van der Waals surface area contributed by atoms with E-state index in [1.807, 2.05) is 19.9 Å². The summed E-state index contributed by atoms with van der Waals surface area (Å²) in [6, 6.07) is 2.46. The maximum absolute atomic E-state index is 5.63. The second-order valence-corrected chi connectivity index (χ2v) is 5.00. The molecule has 2 rings (SSSR count). The van der Waals surface area contributed by atoms with Crippen molar-refractivity contribution >= 4 is 5.95 Å². The standard InChI is InChI=1S/C14H24N4O/c1-3-19-13-10-11(2)16-14(17-13)18(9-5-8-15)12-6-4-7-12/h10,12H,3-9,15H2,1-2H3. The molecule has 1 saturated carbocycles. The van der Waals surface area contributed by atoms with Crippen LogP contribution in [-0.4, -0.2) is 35.7 Å². The summed E-state index contributed by atoms with van der Waals surface area (Å²) in [6.07, 6.45) is 4.73. The van der Waals surface area contributed by atoms with E-state index in [1.165, 1.54) is 19.3 Å². The zero-order valence-corrected chi connectivity index (χ0v) is 11.9. The lowest BCUT2D eigenvalue weighted by Gasteiger charge is -2.37. The van der Waals surface area contributed by atoms with Crippen LogP contribution in [0.5, 0.6) is 5.88 Å². The molecule has 5 nitrogen and oxygen atoms in total. The predicted octanol–water partition coefficient (Wildman–Crippen LogP) is 1.89. The number of hydrogen-bond donors (Lipinski definition) is 1. The maximum atomic E-state index is 5.63. The third-order valence-corrected chi connectivity index (χ3v) is 3.49. The van der Waals surface area contributed by atoms with Gasteiger partial charge in [0.2, 0.25) is 11.8 Å². The van der Waals surface area contributed by atoms with Gasteiger partial charge >= 0.3 is 0 Å². The number of aryl methyl sites for hydroxylation is 1. The van der Waals surface area contributed by atoms with Gasteiger partial charge in [0.1, 0.15) is 0 Å². The van der Waals surface area contributed by atoms with Crippen LogP contribution in [0.2, 0.25) is 0 Å². The molecule has 1 aliphatic rings. The summed E-state index contributed by atoms with van der Waals surface area (Å²) in [5.74, 6) is 1.46. The van der Waals surface area contributed by atoms with E-state index in [9.17, 15) is 0 Å². The Morgan fingerprint density at radius 3 is 2.79 bits per heavy atom. The summed E-state index contributed by atoms with van der Waals surface area (Å²) in [4.78, 5) is 11.4. The van der Waals surface area contributed by atoms with E-state index >= 15 is 0 Å². The monoisotopic (exact) mass is 264 g/mol. The molecule has 1 heterocycles. The van der Waals surface area contributed by atoms with Gasteiger partial charge < -0.3 is 15.4 Å². The normalized spacial score (nSPS) is 15.1.